The molecule has 1 aromatic carbocycles. The lowest BCUT2D eigenvalue weighted by Gasteiger charge is -2.19. The van der Waals surface area contributed by atoms with Gasteiger partial charge in [-0.05, 0) is 45.2 Å². The minimum absolute atomic E-state index is 0. The summed E-state index contributed by atoms with van der Waals surface area (Å²) in [6.45, 7) is 7.37. The van der Waals surface area contributed by atoms with E-state index >= 15 is 0 Å². The van der Waals surface area contributed by atoms with Gasteiger partial charge in [0.2, 0.25) is 0 Å². The van der Waals surface area contributed by atoms with Gasteiger partial charge < -0.3 is 25.7 Å². The van der Waals surface area contributed by atoms with Crippen LogP contribution in [0.25, 0.3) is 10.9 Å². The van der Waals surface area contributed by atoms with Crippen LogP contribution in [0.2, 0.25) is 0 Å². The molecule has 0 aliphatic carbocycles. The number of amides is 1. The van der Waals surface area contributed by atoms with Gasteiger partial charge in [-0.15, -0.1) is 24.0 Å². The summed E-state index contributed by atoms with van der Waals surface area (Å²) < 4.78 is 5.19. The molecule has 1 amide bonds. The predicted octanol–water partition coefficient (Wildman–Crippen LogP) is 3.41. The van der Waals surface area contributed by atoms with Gasteiger partial charge in [0, 0.05) is 43.8 Å². The van der Waals surface area contributed by atoms with Gasteiger partial charge in [-0.2, -0.15) is 0 Å². The number of benzene rings is 1. The maximum Gasteiger partial charge on any atom is 0.407 e. The van der Waals surface area contributed by atoms with E-state index < -0.39 is 11.7 Å². The van der Waals surface area contributed by atoms with E-state index in [0.29, 0.717) is 13.1 Å². The molecular weight excluding hydrogens is 469 g/mol. The molecule has 0 saturated carbocycles. The Bertz CT molecular complexity index is 767. The number of rotatable bonds is 7. The van der Waals surface area contributed by atoms with E-state index in [9.17, 15) is 4.79 Å². The summed E-state index contributed by atoms with van der Waals surface area (Å²) >= 11 is 0. The van der Waals surface area contributed by atoms with Gasteiger partial charge in [-0.25, -0.2) is 4.79 Å². The van der Waals surface area contributed by atoms with Crippen LogP contribution in [0.5, 0.6) is 0 Å². The van der Waals surface area contributed by atoms with Crippen molar-refractivity contribution in [3.63, 3.8) is 0 Å². The second-order valence-corrected chi connectivity index (χ2v) is 7.32. The first-order chi connectivity index (χ1) is 12.9. The highest BCUT2D eigenvalue weighted by Gasteiger charge is 2.15. The van der Waals surface area contributed by atoms with Gasteiger partial charge in [-0.1, -0.05) is 18.2 Å². The molecule has 7 nitrogen and oxygen atoms in total. The Morgan fingerprint density at radius 3 is 2.50 bits per heavy atom. The molecule has 28 heavy (non-hydrogen) atoms. The van der Waals surface area contributed by atoms with Crippen molar-refractivity contribution in [2.24, 2.45) is 4.99 Å². The van der Waals surface area contributed by atoms with Crippen LogP contribution in [0.15, 0.2) is 35.5 Å². The Balaban J connectivity index is 0.00000392. The van der Waals surface area contributed by atoms with Gasteiger partial charge in [0.1, 0.15) is 5.60 Å². The molecule has 156 valence electrons. The van der Waals surface area contributed by atoms with Gasteiger partial charge in [0.25, 0.3) is 0 Å². The van der Waals surface area contributed by atoms with Crippen LogP contribution < -0.4 is 16.0 Å². The molecule has 0 fully saturated rings. The molecule has 0 aliphatic rings. The fourth-order valence-electron chi connectivity index (χ4n) is 2.70. The molecule has 1 heterocycles. The lowest BCUT2D eigenvalue weighted by Crippen LogP contribution is -2.42. The number of guanidine groups is 1. The van der Waals surface area contributed by atoms with E-state index in [1.54, 1.807) is 7.05 Å². The lowest BCUT2D eigenvalue weighted by molar-refractivity contribution is 0.0529. The maximum absolute atomic E-state index is 11.6. The maximum atomic E-state index is 11.6. The Morgan fingerprint density at radius 2 is 1.79 bits per heavy atom. The van der Waals surface area contributed by atoms with E-state index in [1.165, 1.54) is 16.5 Å². The third kappa shape index (κ3) is 8.37. The summed E-state index contributed by atoms with van der Waals surface area (Å²) in [5.41, 5.74) is 2.02. The molecule has 0 saturated heterocycles. The third-order valence-corrected chi connectivity index (χ3v) is 3.90. The predicted molar refractivity (Wildman–Crippen MR) is 126 cm³/mol. The molecule has 1 aromatic heterocycles. The van der Waals surface area contributed by atoms with Gasteiger partial charge in [-0.3, -0.25) is 4.99 Å². The molecule has 8 heteroatoms. The number of hydrogen-bond donors (Lipinski definition) is 4. The minimum atomic E-state index is -0.486. The number of aromatic nitrogens is 1. The number of H-pyrrole nitrogens is 1. The van der Waals surface area contributed by atoms with Crippen molar-refractivity contribution in [3.8, 4) is 0 Å². The SMILES string of the molecule is CN=C(NCCCc1c[nH]c2ccccc12)NCCNC(=O)OC(C)(C)C.I. The van der Waals surface area contributed by atoms with E-state index in [0.717, 1.165) is 25.3 Å². The number of halogens is 1. The summed E-state index contributed by atoms with van der Waals surface area (Å²) in [5.74, 6) is 0.722. The van der Waals surface area contributed by atoms with Crippen LogP contribution >= 0.6 is 24.0 Å². The first-order valence-electron chi connectivity index (χ1n) is 9.35. The van der Waals surface area contributed by atoms with Crippen LogP contribution in [0.3, 0.4) is 0 Å². The topological polar surface area (TPSA) is 90.5 Å². The summed E-state index contributed by atoms with van der Waals surface area (Å²) in [4.78, 5) is 19.1. The number of aromatic amines is 1. The van der Waals surface area contributed by atoms with E-state index in [2.05, 4.69) is 50.3 Å². The Morgan fingerprint density at radius 1 is 1.11 bits per heavy atom. The average Bonchev–Trinajstić information content (AvgIpc) is 3.02. The highest BCUT2D eigenvalue weighted by Crippen LogP contribution is 2.18. The van der Waals surface area contributed by atoms with Crippen molar-refractivity contribution < 1.29 is 9.53 Å². The summed E-state index contributed by atoms with van der Waals surface area (Å²) in [6, 6.07) is 8.34. The number of hydrogen-bond acceptors (Lipinski definition) is 3. The average molecular weight is 501 g/mol. The molecule has 2 aromatic rings. The number of para-hydroxylation sites is 1. The molecule has 0 bridgehead atoms. The lowest BCUT2D eigenvalue weighted by atomic mass is 10.1. The zero-order valence-corrected chi connectivity index (χ0v) is 19.4. The van der Waals surface area contributed by atoms with Crippen LogP contribution in [0.4, 0.5) is 4.79 Å². The number of nitrogens with zero attached hydrogens (tertiary/aromatic N) is 1. The van der Waals surface area contributed by atoms with Crippen molar-refractivity contribution in [3.05, 3.63) is 36.0 Å². The van der Waals surface area contributed by atoms with Gasteiger partial charge in [0.05, 0.1) is 0 Å². The normalized spacial score (nSPS) is 11.6. The van der Waals surface area contributed by atoms with Crippen LogP contribution in [-0.4, -0.2) is 49.3 Å². The molecule has 0 unspecified atom stereocenters. The quantitative estimate of drug-likeness (QED) is 0.203. The number of carbonyl (C=O) groups is 1. The zero-order chi connectivity index (χ0) is 19.7. The van der Waals surface area contributed by atoms with Crippen molar-refractivity contribution in [2.75, 3.05) is 26.7 Å². The Labute approximate surface area is 184 Å². The summed E-state index contributed by atoms with van der Waals surface area (Å²) in [6.07, 6.45) is 3.67. The van der Waals surface area contributed by atoms with E-state index in [-0.39, 0.29) is 24.0 Å². The first kappa shape index (κ1) is 24.1. The number of carbonyl (C=O) groups excluding carboxylic acids is 1. The number of fused-ring (bicyclic) bond motifs is 1. The molecule has 0 radical (unpaired) electrons. The van der Waals surface area contributed by atoms with Gasteiger partial charge in [0.15, 0.2) is 5.96 Å². The zero-order valence-electron chi connectivity index (χ0n) is 17.1. The standard InChI is InChI=1S/C20H31N5O2.HI/c1-20(2,3)27-19(26)24-13-12-23-18(21-4)22-11-7-8-15-14-25-17-10-6-5-9-16(15)17;/h5-6,9-10,14,25H,7-8,11-13H2,1-4H3,(H,24,26)(H2,21,22,23);1H. The highest BCUT2D eigenvalue weighted by atomic mass is 127. The van der Waals surface area contributed by atoms with Gasteiger partial charge >= 0.3 is 6.09 Å². The Hall–Kier alpha value is -1.97. The highest BCUT2D eigenvalue weighted by molar-refractivity contribution is 14.0. The smallest absolute Gasteiger partial charge is 0.407 e. The molecular formula is C20H32IN5O2. The van der Waals surface area contributed by atoms with Crippen molar-refractivity contribution in [1.29, 1.82) is 0 Å². The number of aryl methyl sites for hydroxylation is 1. The second kappa shape index (κ2) is 11.8. The molecule has 4 N–H and O–H groups in total. The largest absolute Gasteiger partial charge is 0.444 e. The van der Waals surface area contributed by atoms with E-state index in [4.69, 9.17) is 4.74 Å². The van der Waals surface area contributed by atoms with E-state index in [1.807, 2.05) is 26.8 Å². The number of alkyl carbamates (subject to hydrolysis) is 1. The first-order valence-corrected chi connectivity index (χ1v) is 9.35. The monoisotopic (exact) mass is 501 g/mol. The molecule has 0 atom stereocenters. The fourth-order valence-corrected chi connectivity index (χ4v) is 2.70. The van der Waals surface area contributed by atoms with Crippen molar-refractivity contribution in [2.45, 2.75) is 39.2 Å². The second-order valence-electron chi connectivity index (χ2n) is 7.32. The molecule has 2 rings (SSSR count). The fraction of sp³-hybridized carbons (Fsp3) is 0.500. The number of aliphatic imine (C=N–C) groups is 1. The minimum Gasteiger partial charge on any atom is -0.444 e. The Kier molecular flexibility index (Phi) is 10.1. The molecule has 0 aliphatic heterocycles. The number of ether oxygens (including phenoxy) is 1. The number of nitrogens with one attached hydrogen (secondary N) is 4. The van der Waals surface area contributed by atoms with Crippen LogP contribution in [-0.2, 0) is 11.2 Å². The third-order valence-electron chi connectivity index (χ3n) is 3.90. The van der Waals surface area contributed by atoms with Crippen LogP contribution in [0, 0.1) is 0 Å². The molecule has 0 spiro atoms. The van der Waals surface area contributed by atoms with Crippen LogP contribution in [0.1, 0.15) is 32.8 Å². The summed E-state index contributed by atoms with van der Waals surface area (Å²) in [5, 5.41) is 10.5. The summed E-state index contributed by atoms with van der Waals surface area (Å²) in [7, 11) is 1.73. The van der Waals surface area contributed by atoms with Crippen molar-refractivity contribution >= 4 is 46.9 Å². The van der Waals surface area contributed by atoms with Crippen molar-refractivity contribution in [1.82, 2.24) is 20.9 Å².